The zero-order valence-corrected chi connectivity index (χ0v) is 17.2. The van der Waals surface area contributed by atoms with E-state index in [9.17, 15) is 13.6 Å². The van der Waals surface area contributed by atoms with Crippen LogP contribution >= 0.6 is 46.4 Å². The number of benzene rings is 1. The van der Waals surface area contributed by atoms with Gasteiger partial charge in [-0.3, -0.25) is 4.79 Å². The Balaban J connectivity index is 2.18. The topological polar surface area (TPSA) is 35.5 Å². The molecule has 3 nitrogen and oxygen atoms in total. The standard InChI is InChI=1S/C17H16Cl4F2O3/c1-17(2)9(4-10(18)19)11(17)16(24)26-6-7-12(20)14(22)8(5-25-3)15(23)13(7)21/h4,9,11H,5-6H2,1-3H3/t9-,11+/m1/s1. The van der Waals surface area contributed by atoms with Crippen molar-refractivity contribution in [1.29, 1.82) is 0 Å². The van der Waals surface area contributed by atoms with Gasteiger partial charge >= 0.3 is 5.97 Å². The number of carbonyl (C=O) groups is 1. The third kappa shape index (κ3) is 4.12. The molecule has 0 N–H and O–H groups in total. The van der Waals surface area contributed by atoms with E-state index in [4.69, 9.17) is 55.9 Å². The van der Waals surface area contributed by atoms with Crippen LogP contribution in [0.15, 0.2) is 10.6 Å². The van der Waals surface area contributed by atoms with Crippen LogP contribution in [0.3, 0.4) is 0 Å². The van der Waals surface area contributed by atoms with Gasteiger partial charge in [0, 0.05) is 12.7 Å². The second-order valence-electron chi connectivity index (χ2n) is 6.53. The Morgan fingerprint density at radius 1 is 1.12 bits per heavy atom. The number of ether oxygens (including phenoxy) is 2. The molecule has 0 bridgehead atoms. The summed E-state index contributed by atoms with van der Waals surface area (Å²) in [5.41, 5.74) is -0.918. The summed E-state index contributed by atoms with van der Waals surface area (Å²) in [6, 6.07) is 0. The van der Waals surface area contributed by atoms with Crippen LogP contribution in [0.25, 0.3) is 0 Å². The Hall–Kier alpha value is -0.590. The van der Waals surface area contributed by atoms with Gasteiger partial charge in [-0.1, -0.05) is 60.3 Å². The molecule has 0 saturated heterocycles. The predicted octanol–water partition coefficient (Wildman–Crippen LogP) is 6.05. The summed E-state index contributed by atoms with van der Waals surface area (Å²) >= 11 is 23.1. The summed E-state index contributed by atoms with van der Waals surface area (Å²) in [5.74, 6) is -3.22. The summed E-state index contributed by atoms with van der Waals surface area (Å²) < 4.78 is 38.4. The lowest BCUT2D eigenvalue weighted by atomic mass is 10.1. The van der Waals surface area contributed by atoms with Crippen LogP contribution in [0.2, 0.25) is 10.0 Å². The van der Waals surface area contributed by atoms with E-state index in [-0.39, 0.29) is 28.1 Å². The highest BCUT2D eigenvalue weighted by Crippen LogP contribution is 2.60. The Labute approximate surface area is 170 Å². The van der Waals surface area contributed by atoms with Crippen molar-refractivity contribution in [3.63, 3.8) is 0 Å². The van der Waals surface area contributed by atoms with E-state index in [0.717, 1.165) is 0 Å². The first-order chi connectivity index (χ1) is 12.0. The molecule has 0 radical (unpaired) electrons. The van der Waals surface area contributed by atoms with E-state index in [2.05, 4.69) is 0 Å². The summed E-state index contributed by atoms with van der Waals surface area (Å²) in [7, 11) is 1.28. The van der Waals surface area contributed by atoms with Crippen molar-refractivity contribution in [2.75, 3.05) is 7.11 Å². The number of carbonyl (C=O) groups excluding carboxylic acids is 1. The van der Waals surface area contributed by atoms with Crippen molar-refractivity contribution in [3.8, 4) is 0 Å². The molecule has 2 rings (SSSR count). The first kappa shape index (κ1) is 21.7. The number of esters is 1. The summed E-state index contributed by atoms with van der Waals surface area (Å²) in [6.07, 6.45) is 1.56. The van der Waals surface area contributed by atoms with E-state index in [0.29, 0.717) is 0 Å². The minimum absolute atomic E-state index is 0.0577. The van der Waals surface area contributed by atoms with Crippen LogP contribution < -0.4 is 0 Å². The molecule has 26 heavy (non-hydrogen) atoms. The number of hydrogen-bond donors (Lipinski definition) is 0. The van der Waals surface area contributed by atoms with Crippen molar-refractivity contribution in [3.05, 3.63) is 43.4 Å². The molecule has 0 aromatic heterocycles. The van der Waals surface area contributed by atoms with Gasteiger partial charge in [0.2, 0.25) is 0 Å². The Morgan fingerprint density at radius 2 is 1.65 bits per heavy atom. The van der Waals surface area contributed by atoms with Gasteiger partial charge in [-0.05, 0) is 17.4 Å². The van der Waals surface area contributed by atoms with E-state index >= 15 is 0 Å². The first-order valence-electron chi connectivity index (χ1n) is 7.56. The number of allylic oxidation sites excluding steroid dienone is 1. The molecule has 2 atom stereocenters. The second-order valence-corrected chi connectivity index (χ2v) is 8.30. The molecule has 1 aliphatic carbocycles. The van der Waals surface area contributed by atoms with E-state index in [1.807, 2.05) is 13.8 Å². The normalized spacial score (nSPS) is 20.7. The SMILES string of the molecule is COCc1c(F)c(Cl)c(COC(=O)[C@@H]2[C@@H](C=C(Cl)Cl)C2(C)C)c(Cl)c1F. The Kier molecular flexibility index (Phi) is 6.84. The van der Waals surface area contributed by atoms with Crippen molar-refractivity contribution in [2.45, 2.75) is 27.1 Å². The van der Waals surface area contributed by atoms with Crippen LogP contribution in [0.4, 0.5) is 8.78 Å². The molecule has 144 valence electrons. The van der Waals surface area contributed by atoms with Gasteiger partial charge in [-0.15, -0.1) is 0 Å². The lowest BCUT2D eigenvalue weighted by molar-refractivity contribution is -0.147. The fourth-order valence-electron chi connectivity index (χ4n) is 2.93. The van der Waals surface area contributed by atoms with Crippen LogP contribution in [-0.4, -0.2) is 13.1 Å². The smallest absolute Gasteiger partial charge is 0.310 e. The molecule has 0 heterocycles. The predicted molar refractivity (Wildman–Crippen MR) is 97.4 cm³/mol. The van der Waals surface area contributed by atoms with Gasteiger partial charge < -0.3 is 9.47 Å². The van der Waals surface area contributed by atoms with Gasteiger partial charge in [-0.25, -0.2) is 8.78 Å². The molecule has 0 spiro atoms. The maximum absolute atomic E-state index is 14.2. The van der Waals surface area contributed by atoms with Crippen molar-refractivity contribution in [1.82, 2.24) is 0 Å². The molecule has 1 saturated carbocycles. The highest BCUT2D eigenvalue weighted by atomic mass is 35.5. The molecule has 0 amide bonds. The quantitative estimate of drug-likeness (QED) is 0.393. The van der Waals surface area contributed by atoms with E-state index in [1.165, 1.54) is 7.11 Å². The van der Waals surface area contributed by atoms with Gasteiger partial charge in [0.05, 0.1) is 28.1 Å². The molecule has 1 aromatic rings. The first-order valence-corrected chi connectivity index (χ1v) is 9.07. The maximum Gasteiger partial charge on any atom is 0.310 e. The highest BCUT2D eigenvalue weighted by molar-refractivity contribution is 6.55. The number of hydrogen-bond acceptors (Lipinski definition) is 3. The average Bonchev–Trinajstić information content (AvgIpc) is 3.09. The molecule has 9 heteroatoms. The summed E-state index contributed by atoms with van der Waals surface area (Å²) in [4.78, 5) is 12.3. The number of rotatable bonds is 6. The Bertz CT molecular complexity index is 732. The lowest BCUT2D eigenvalue weighted by Crippen LogP contribution is -2.12. The monoisotopic (exact) mass is 446 g/mol. The third-order valence-corrected chi connectivity index (χ3v) is 5.60. The van der Waals surface area contributed by atoms with Crippen molar-refractivity contribution < 1.29 is 23.0 Å². The third-order valence-electron chi connectivity index (χ3n) is 4.56. The Morgan fingerprint density at radius 3 is 2.12 bits per heavy atom. The van der Waals surface area contributed by atoms with Crippen molar-refractivity contribution in [2.24, 2.45) is 17.3 Å². The average molecular weight is 448 g/mol. The minimum atomic E-state index is -0.997. The van der Waals surface area contributed by atoms with Crippen LogP contribution in [0, 0.1) is 28.9 Å². The van der Waals surface area contributed by atoms with E-state index < -0.39 is 45.6 Å². The summed E-state index contributed by atoms with van der Waals surface area (Å²) in [6.45, 7) is 2.92. The van der Waals surface area contributed by atoms with Gasteiger partial charge in [0.1, 0.15) is 11.1 Å². The highest BCUT2D eigenvalue weighted by Gasteiger charge is 2.61. The largest absolute Gasteiger partial charge is 0.460 e. The molecule has 1 fully saturated rings. The number of halogens is 6. The van der Waals surface area contributed by atoms with Crippen LogP contribution in [0.1, 0.15) is 25.0 Å². The zero-order chi connectivity index (χ0) is 19.8. The molecule has 0 unspecified atom stereocenters. The lowest BCUT2D eigenvalue weighted by Gasteiger charge is -2.14. The fourth-order valence-corrected chi connectivity index (χ4v) is 3.77. The molecule has 1 aromatic carbocycles. The molecular weight excluding hydrogens is 432 g/mol. The van der Waals surface area contributed by atoms with Gasteiger partial charge in [0.15, 0.2) is 11.6 Å². The van der Waals surface area contributed by atoms with Gasteiger partial charge in [-0.2, -0.15) is 0 Å². The fraction of sp³-hybridized carbons (Fsp3) is 0.471. The molecular formula is C17H16Cl4F2O3. The minimum Gasteiger partial charge on any atom is -0.460 e. The van der Waals surface area contributed by atoms with Gasteiger partial charge in [0.25, 0.3) is 0 Å². The van der Waals surface area contributed by atoms with Crippen LogP contribution in [-0.2, 0) is 27.5 Å². The zero-order valence-electron chi connectivity index (χ0n) is 14.1. The molecule has 0 aliphatic heterocycles. The van der Waals surface area contributed by atoms with E-state index in [1.54, 1.807) is 6.08 Å². The van der Waals surface area contributed by atoms with Crippen molar-refractivity contribution >= 4 is 52.4 Å². The molecule has 1 aliphatic rings. The van der Waals surface area contributed by atoms with Crippen LogP contribution in [0.5, 0.6) is 0 Å². The second kappa shape index (κ2) is 8.19. The summed E-state index contributed by atoms with van der Waals surface area (Å²) in [5, 5.41) is -0.821. The number of methoxy groups -OCH3 is 1. The maximum atomic E-state index is 14.2.